The van der Waals surface area contributed by atoms with Crippen LogP contribution >= 0.6 is 0 Å². The predicted molar refractivity (Wildman–Crippen MR) is 68.7 cm³/mol. The van der Waals surface area contributed by atoms with Crippen LogP contribution in [0.2, 0.25) is 0 Å². The van der Waals surface area contributed by atoms with E-state index >= 15 is 0 Å². The van der Waals surface area contributed by atoms with E-state index in [1.807, 2.05) is 0 Å². The Morgan fingerprint density at radius 2 is 2.12 bits per heavy atom. The third kappa shape index (κ3) is 1.06. The Morgan fingerprint density at radius 1 is 1.24 bits per heavy atom. The van der Waals surface area contributed by atoms with Crippen LogP contribution in [-0.2, 0) is 0 Å². The molecule has 0 amide bonds. The molecule has 3 aliphatic heterocycles. The molecule has 0 bridgehead atoms. The summed E-state index contributed by atoms with van der Waals surface area (Å²) in [5.41, 5.74) is 5.01. The summed E-state index contributed by atoms with van der Waals surface area (Å²) in [7, 11) is 2.10. The molecule has 1 aromatic rings. The minimum atomic E-state index is 0.205. The maximum atomic E-state index is 3.56. The lowest BCUT2D eigenvalue weighted by Crippen LogP contribution is -2.46. The Hall–Kier alpha value is -2.16. The van der Waals surface area contributed by atoms with Crippen LogP contribution in [0.1, 0.15) is 5.56 Å². The summed E-state index contributed by atoms with van der Waals surface area (Å²) in [4.78, 5) is 4.54. The monoisotopic (exact) mass is 223 g/mol. The maximum Gasteiger partial charge on any atom is 0.182 e. The molecule has 0 spiro atoms. The van der Waals surface area contributed by atoms with E-state index in [9.17, 15) is 0 Å². The fourth-order valence-corrected chi connectivity index (χ4v) is 2.73. The molecule has 0 saturated heterocycles. The third-order valence-electron chi connectivity index (χ3n) is 3.51. The molecule has 0 aliphatic carbocycles. The van der Waals surface area contributed by atoms with Crippen molar-refractivity contribution in [3.05, 3.63) is 60.0 Å². The lowest BCUT2D eigenvalue weighted by atomic mass is 10.0. The second-order valence-corrected chi connectivity index (χ2v) is 4.56. The van der Waals surface area contributed by atoms with Crippen molar-refractivity contribution in [2.24, 2.45) is 0 Å². The smallest absolute Gasteiger partial charge is 0.182 e. The average Bonchev–Trinajstić information content (AvgIpc) is 2.68. The molecule has 1 aromatic carbocycles. The standard InChI is InChI=1S/C14H13N3/c1-16-9-10-5-4-8-13-11-6-2-3-7-12(11)15-14(16)17(10)13/h2-9,14-15H,1H3. The van der Waals surface area contributed by atoms with E-state index in [4.69, 9.17) is 0 Å². The van der Waals surface area contributed by atoms with Crippen molar-refractivity contribution < 1.29 is 0 Å². The summed E-state index contributed by atoms with van der Waals surface area (Å²) in [6.45, 7) is 0. The third-order valence-corrected chi connectivity index (χ3v) is 3.51. The van der Waals surface area contributed by atoms with Crippen molar-refractivity contribution in [3.63, 3.8) is 0 Å². The van der Waals surface area contributed by atoms with E-state index < -0.39 is 0 Å². The average molecular weight is 223 g/mol. The Kier molecular flexibility index (Phi) is 1.55. The van der Waals surface area contributed by atoms with Gasteiger partial charge in [0.2, 0.25) is 0 Å². The van der Waals surface area contributed by atoms with Crippen LogP contribution in [-0.4, -0.2) is 23.1 Å². The fourth-order valence-electron chi connectivity index (χ4n) is 2.73. The quantitative estimate of drug-likeness (QED) is 0.728. The fraction of sp³-hybridized carbons (Fsp3) is 0.143. The number of benzene rings is 1. The van der Waals surface area contributed by atoms with Gasteiger partial charge in [-0.15, -0.1) is 0 Å². The Balaban J connectivity index is 1.96. The summed E-state index contributed by atoms with van der Waals surface area (Å²) in [6, 6.07) is 8.46. The number of allylic oxidation sites excluding steroid dienone is 3. The highest BCUT2D eigenvalue weighted by atomic mass is 15.5. The molecule has 1 unspecified atom stereocenters. The number of para-hydroxylation sites is 1. The highest BCUT2D eigenvalue weighted by Gasteiger charge is 2.37. The minimum absolute atomic E-state index is 0.205. The number of nitrogens with one attached hydrogen (secondary N) is 1. The number of fused-ring (bicyclic) bond motifs is 2. The lowest BCUT2D eigenvalue weighted by Gasteiger charge is -2.40. The second kappa shape index (κ2) is 2.94. The highest BCUT2D eigenvalue weighted by molar-refractivity contribution is 5.81. The normalized spacial score (nSPS) is 23.7. The van der Waals surface area contributed by atoms with Gasteiger partial charge in [0.1, 0.15) is 0 Å². The first-order chi connectivity index (χ1) is 8.34. The minimum Gasteiger partial charge on any atom is -0.347 e. The number of hydrogen-bond donors (Lipinski definition) is 1. The summed E-state index contributed by atoms with van der Waals surface area (Å²) in [6.07, 6.45) is 8.83. The lowest BCUT2D eigenvalue weighted by molar-refractivity contribution is 0.255. The number of anilines is 1. The van der Waals surface area contributed by atoms with Crippen molar-refractivity contribution in [3.8, 4) is 0 Å². The van der Waals surface area contributed by atoms with Gasteiger partial charge in [0.15, 0.2) is 6.29 Å². The summed E-state index contributed by atoms with van der Waals surface area (Å²) in [5.74, 6) is 0. The van der Waals surface area contributed by atoms with E-state index in [1.165, 1.54) is 22.6 Å². The first-order valence-electron chi connectivity index (χ1n) is 5.82. The molecule has 3 heterocycles. The molecule has 1 atom stereocenters. The Bertz CT molecular complexity index is 583. The molecule has 17 heavy (non-hydrogen) atoms. The van der Waals surface area contributed by atoms with E-state index in [0.29, 0.717) is 0 Å². The van der Waals surface area contributed by atoms with Crippen molar-refractivity contribution in [1.29, 1.82) is 0 Å². The van der Waals surface area contributed by atoms with Crippen LogP contribution in [0.25, 0.3) is 5.70 Å². The molecular formula is C14H13N3. The van der Waals surface area contributed by atoms with Gasteiger partial charge < -0.3 is 15.1 Å². The molecule has 1 N–H and O–H groups in total. The number of nitrogens with zero attached hydrogens (tertiary/aromatic N) is 2. The maximum absolute atomic E-state index is 3.56. The van der Waals surface area contributed by atoms with Gasteiger partial charge >= 0.3 is 0 Å². The summed E-state index contributed by atoms with van der Waals surface area (Å²) in [5, 5.41) is 3.56. The summed E-state index contributed by atoms with van der Waals surface area (Å²) >= 11 is 0. The zero-order valence-electron chi connectivity index (χ0n) is 9.59. The van der Waals surface area contributed by atoms with Crippen molar-refractivity contribution in [2.75, 3.05) is 12.4 Å². The molecule has 3 nitrogen and oxygen atoms in total. The van der Waals surface area contributed by atoms with Crippen molar-refractivity contribution in [2.45, 2.75) is 6.29 Å². The zero-order chi connectivity index (χ0) is 11.4. The van der Waals surface area contributed by atoms with Gasteiger partial charge in [-0.25, -0.2) is 0 Å². The molecule has 84 valence electrons. The predicted octanol–water partition coefficient (Wildman–Crippen LogP) is 2.40. The number of hydrogen-bond acceptors (Lipinski definition) is 3. The SMILES string of the molecule is CN1C=C2C=CC=C3c4ccccc4NC1N23. The van der Waals surface area contributed by atoms with Crippen LogP contribution in [0.15, 0.2) is 54.4 Å². The van der Waals surface area contributed by atoms with Gasteiger partial charge in [-0.05, 0) is 18.2 Å². The van der Waals surface area contributed by atoms with Crippen molar-refractivity contribution in [1.82, 2.24) is 9.80 Å². The van der Waals surface area contributed by atoms with Crippen LogP contribution in [0.4, 0.5) is 5.69 Å². The van der Waals surface area contributed by atoms with Crippen LogP contribution in [0, 0.1) is 0 Å². The van der Waals surface area contributed by atoms with Gasteiger partial charge in [-0.2, -0.15) is 0 Å². The van der Waals surface area contributed by atoms with Gasteiger partial charge in [-0.1, -0.05) is 24.3 Å². The van der Waals surface area contributed by atoms with E-state index in [2.05, 4.69) is 70.9 Å². The molecule has 0 radical (unpaired) electrons. The molecule has 0 aromatic heterocycles. The first kappa shape index (κ1) is 8.93. The molecule has 3 aliphatic rings. The van der Waals surface area contributed by atoms with Crippen LogP contribution in [0.3, 0.4) is 0 Å². The Morgan fingerprint density at radius 3 is 3.06 bits per heavy atom. The molecule has 4 rings (SSSR count). The molecule has 0 fully saturated rings. The summed E-state index contributed by atoms with van der Waals surface area (Å²) < 4.78 is 0. The van der Waals surface area contributed by atoms with Gasteiger partial charge in [-0.3, -0.25) is 0 Å². The topological polar surface area (TPSA) is 18.5 Å². The van der Waals surface area contributed by atoms with Crippen LogP contribution in [0.5, 0.6) is 0 Å². The van der Waals surface area contributed by atoms with Gasteiger partial charge in [0.25, 0.3) is 0 Å². The van der Waals surface area contributed by atoms with Crippen LogP contribution < -0.4 is 5.32 Å². The largest absolute Gasteiger partial charge is 0.347 e. The van der Waals surface area contributed by atoms with Gasteiger partial charge in [0.05, 0.1) is 11.4 Å². The van der Waals surface area contributed by atoms with Gasteiger partial charge in [0, 0.05) is 24.5 Å². The highest BCUT2D eigenvalue weighted by Crippen LogP contribution is 2.41. The molecule has 0 saturated carbocycles. The second-order valence-electron chi connectivity index (χ2n) is 4.56. The number of rotatable bonds is 0. The molecular weight excluding hydrogens is 210 g/mol. The first-order valence-corrected chi connectivity index (χ1v) is 5.82. The molecule has 3 heteroatoms. The van der Waals surface area contributed by atoms with E-state index in [0.717, 1.165) is 0 Å². The van der Waals surface area contributed by atoms with E-state index in [1.54, 1.807) is 0 Å². The van der Waals surface area contributed by atoms with E-state index in [-0.39, 0.29) is 6.29 Å². The Labute approximate surface area is 100 Å². The van der Waals surface area contributed by atoms with Crippen molar-refractivity contribution >= 4 is 11.4 Å². The zero-order valence-corrected chi connectivity index (χ0v) is 9.59.